The number of H-pyrrole nitrogens is 1. The third kappa shape index (κ3) is 4.58. The highest BCUT2D eigenvalue weighted by molar-refractivity contribution is 7.91. The summed E-state index contributed by atoms with van der Waals surface area (Å²) in [6.07, 6.45) is 8.18. The number of allylic oxidation sites excluding steroid dienone is 3. The first-order valence-electron chi connectivity index (χ1n) is 12.9. The van der Waals surface area contributed by atoms with Crippen molar-refractivity contribution in [2.45, 2.75) is 30.5 Å². The van der Waals surface area contributed by atoms with Crippen molar-refractivity contribution in [3.8, 4) is 11.1 Å². The predicted molar refractivity (Wildman–Crippen MR) is 161 cm³/mol. The molecule has 0 spiro atoms. The van der Waals surface area contributed by atoms with Gasteiger partial charge < -0.3 is 14.5 Å². The van der Waals surface area contributed by atoms with E-state index in [0.717, 1.165) is 15.1 Å². The first kappa shape index (κ1) is 27.9. The number of pyridine rings is 2. The van der Waals surface area contributed by atoms with Crippen LogP contribution < -0.4 is 11.1 Å². The maximum absolute atomic E-state index is 14.1. The number of hydrogen-bond acceptors (Lipinski definition) is 5. The highest BCUT2D eigenvalue weighted by Gasteiger charge is 2.49. The van der Waals surface area contributed by atoms with Crippen molar-refractivity contribution in [1.82, 2.24) is 18.4 Å². The number of likely N-dealkylation sites (N-methyl/N-ethyl adjacent to an activating group) is 1. The minimum Gasteiger partial charge on any atom is -0.327 e. The number of halogens is 1. The zero-order valence-corrected chi connectivity index (χ0v) is 24.3. The van der Waals surface area contributed by atoms with E-state index in [1.54, 1.807) is 48.8 Å². The average molecular weight is 579 g/mol. The summed E-state index contributed by atoms with van der Waals surface area (Å²) in [5.41, 5.74) is 2.98. The van der Waals surface area contributed by atoms with Crippen LogP contribution in [-0.4, -0.2) is 57.6 Å². The summed E-state index contributed by atoms with van der Waals surface area (Å²) in [5.74, 6) is 0. The van der Waals surface area contributed by atoms with E-state index in [2.05, 4.69) is 4.98 Å². The molecule has 40 heavy (non-hydrogen) atoms. The van der Waals surface area contributed by atoms with E-state index in [1.807, 2.05) is 55.5 Å². The summed E-state index contributed by atoms with van der Waals surface area (Å²) in [7, 11) is -0.273. The van der Waals surface area contributed by atoms with Gasteiger partial charge in [-0.15, -0.1) is 11.6 Å². The summed E-state index contributed by atoms with van der Waals surface area (Å²) in [5, 5.41) is -0.476. The van der Waals surface area contributed by atoms with E-state index in [9.17, 15) is 18.0 Å². The molecule has 1 N–H and O–H groups in total. The Morgan fingerprint density at radius 1 is 1.07 bits per heavy atom. The molecule has 10 heteroatoms. The van der Waals surface area contributed by atoms with Gasteiger partial charge in [-0.2, -0.15) is 0 Å². The number of aromatic amines is 1. The normalized spacial score (nSPS) is 19.6. The molecule has 1 aliphatic rings. The van der Waals surface area contributed by atoms with Crippen molar-refractivity contribution in [3.63, 3.8) is 0 Å². The number of fused-ring (bicyclic) bond motifs is 1. The number of nitrogens with zero attached hydrogens (tertiary/aromatic N) is 3. The molecule has 4 aromatic rings. The van der Waals surface area contributed by atoms with Gasteiger partial charge in [-0.3, -0.25) is 9.59 Å². The van der Waals surface area contributed by atoms with Crippen LogP contribution in [0.2, 0.25) is 0 Å². The number of hydrogen-bond donors (Lipinski definition) is 1. The number of benzene rings is 1. The van der Waals surface area contributed by atoms with Gasteiger partial charge >= 0.3 is 0 Å². The number of rotatable bonds is 7. The Morgan fingerprint density at radius 3 is 2.48 bits per heavy atom. The second-order valence-electron chi connectivity index (χ2n) is 10.5. The van der Waals surface area contributed by atoms with Crippen LogP contribution in [-0.2, 0) is 16.6 Å². The largest absolute Gasteiger partial charge is 0.327 e. The Kier molecular flexibility index (Phi) is 7.24. The van der Waals surface area contributed by atoms with E-state index in [-0.39, 0.29) is 11.1 Å². The van der Waals surface area contributed by atoms with Crippen molar-refractivity contribution in [2.75, 3.05) is 20.6 Å². The lowest BCUT2D eigenvalue weighted by atomic mass is 9.85. The molecule has 0 bridgehead atoms. The van der Waals surface area contributed by atoms with Crippen LogP contribution in [0.4, 0.5) is 0 Å². The van der Waals surface area contributed by atoms with E-state index in [0.29, 0.717) is 35.2 Å². The first-order valence-corrected chi connectivity index (χ1v) is 14.8. The zero-order valence-electron chi connectivity index (χ0n) is 22.8. The lowest BCUT2D eigenvalue weighted by Gasteiger charge is -2.37. The van der Waals surface area contributed by atoms with Crippen molar-refractivity contribution < 1.29 is 8.42 Å². The molecule has 1 aromatic carbocycles. The zero-order chi connectivity index (χ0) is 28.8. The van der Waals surface area contributed by atoms with E-state index in [4.69, 9.17) is 11.6 Å². The fourth-order valence-electron chi connectivity index (χ4n) is 5.09. The Balaban J connectivity index is 1.63. The van der Waals surface area contributed by atoms with Gasteiger partial charge in [-0.1, -0.05) is 42.5 Å². The quantitative estimate of drug-likeness (QED) is 0.330. The highest BCUT2D eigenvalue weighted by Crippen LogP contribution is 2.43. The van der Waals surface area contributed by atoms with Crippen LogP contribution in [0.1, 0.15) is 19.4 Å². The molecule has 0 amide bonds. The van der Waals surface area contributed by atoms with E-state index in [1.165, 1.54) is 12.4 Å². The number of aromatic nitrogens is 3. The predicted octanol–water partition coefficient (Wildman–Crippen LogP) is 4.31. The smallest absolute Gasteiger partial charge is 0.273 e. The van der Waals surface area contributed by atoms with Gasteiger partial charge in [0, 0.05) is 48.7 Å². The molecule has 2 atom stereocenters. The average Bonchev–Trinajstić information content (AvgIpc) is 3.37. The van der Waals surface area contributed by atoms with Crippen LogP contribution in [0.3, 0.4) is 0 Å². The van der Waals surface area contributed by atoms with Gasteiger partial charge in [0.05, 0.1) is 5.38 Å². The monoisotopic (exact) mass is 578 g/mol. The summed E-state index contributed by atoms with van der Waals surface area (Å²) in [6, 6.07) is 14.6. The highest BCUT2D eigenvalue weighted by atomic mass is 35.5. The molecule has 0 fully saturated rings. The van der Waals surface area contributed by atoms with Gasteiger partial charge in [0.25, 0.3) is 11.1 Å². The van der Waals surface area contributed by atoms with E-state index < -0.39 is 25.7 Å². The number of nitrogens with one attached hydrogen (secondary N) is 1. The fraction of sp³-hybridized carbons (Fsp3) is 0.267. The Labute approximate surface area is 237 Å². The molecule has 1 aliphatic carbocycles. The molecule has 5 rings (SSSR count). The maximum Gasteiger partial charge on any atom is 0.273 e. The second kappa shape index (κ2) is 10.4. The van der Waals surface area contributed by atoms with Gasteiger partial charge in [0.1, 0.15) is 10.3 Å². The minimum atomic E-state index is -4.18. The van der Waals surface area contributed by atoms with Gasteiger partial charge in [-0.05, 0) is 62.3 Å². The summed E-state index contributed by atoms with van der Waals surface area (Å²) in [4.78, 5) is 30.3. The molecular formula is C30H31ClN4O4S. The molecule has 0 aliphatic heterocycles. The van der Waals surface area contributed by atoms with Crippen LogP contribution in [0.5, 0.6) is 0 Å². The molecule has 3 heterocycles. The summed E-state index contributed by atoms with van der Waals surface area (Å²) >= 11 is 6.93. The van der Waals surface area contributed by atoms with Crippen molar-refractivity contribution in [2.24, 2.45) is 0 Å². The Morgan fingerprint density at radius 2 is 1.80 bits per heavy atom. The Bertz CT molecular complexity index is 1880. The third-order valence-corrected chi connectivity index (χ3v) is 10.8. The number of alkyl halides is 1. The Hall–Kier alpha value is -3.66. The van der Waals surface area contributed by atoms with Crippen LogP contribution in [0, 0.1) is 0 Å². The lowest BCUT2D eigenvalue weighted by Crippen LogP contribution is -2.48. The van der Waals surface area contributed by atoms with E-state index >= 15 is 0 Å². The van der Waals surface area contributed by atoms with Crippen LogP contribution >= 0.6 is 11.6 Å². The molecule has 0 saturated carbocycles. The summed E-state index contributed by atoms with van der Waals surface area (Å²) in [6.45, 7) is 4.51. The maximum atomic E-state index is 14.1. The minimum absolute atomic E-state index is 0.0443. The molecule has 2 unspecified atom stereocenters. The molecular weight excluding hydrogens is 548 g/mol. The molecule has 8 nitrogen and oxygen atoms in total. The van der Waals surface area contributed by atoms with Gasteiger partial charge in [-0.25, -0.2) is 12.4 Å². The van der Waals surface area contributed by atoms with Gasteiger partial charge in [0.2, 0.25) is 10.0 Å². The standard InChI is InChI=1S/C30H31ClN4O4S/c1-20-16-23(24-18-27(36)34(15-14-33(3)4)19-25(24)21-8-6-5-7-9-21)17-26(31)30(20,2)40(38,39)35-13-11-22-10-12-32-29(37)28(22)35/h5-13,16-19,26H,14-15H2,1-4H3,(H,32,37). The first-order chi connectivity index (χ1) is 18.9. The third-order valence-electron chi connectivity index (χ3n) is 7.69. The topological polar surface area (TPSA) is 97.2 Å². The molecule has 3 aromatic heterocycles. The fourth-order valence-corrected chi connectivity index (χ4v) is 7.61. The van der Waals surface area contributed by atoms with Crippen LogP contribution in [0.25, 0.3) is 27.6 Å². The molecule has 208 valence electrons. The van der Waals surface area contributed by atoms with Crippen LogP contribution in [0.15, 0.2) is 94.4 Å². The second-order valence-corrected chi connectivity index (χ2v) is 13.1. The van der Waals surface area contributed by atoms with Crippen molar-refractivity contribution >= 4 is 38.1 Å². The van der Waals surface area contributed by atoms with Crippen molar-refractivity contribution in [1.29, 1.82) is 0 Å². The SMILES string of the molecule is CC1=CC(c2cc(=O)n(CCN(C)C)cc2-c2ccccc2)=CC(Cl)C1(C)S(=O)(=O)n1ccc2cc[nH]c(=O)c21. The van der Waals surface area contributed by atoms with Gasteiger partial charge in [0.15, 0.2) is 0 Å². The lowest BCUT2D eigenvalue weighted by molar-refractivity contribution is 0.381. The molecule has 0 radical (unpaired) electrons. The summed E-state index contributed by atoms with van der Waals surface area (Å²) < 4.78 is 29.4. The van der Waals surface area contributed by atoms with Crippen molar-refractivity contribution in [3.05, 3.63) is 111 Å². The molecule has 0 saturated heterocycles.